The van der Waals surface area contributed by atoms with Crippen molar-refractivity contribution in [2.24, 2.45) is 0 Å². The fourth-order valence-electron chi connectivity index (χ4n) is 3.60. The summed E-state index contributed by atoms with van der Waals surface area (Å²) in [7, 11) is 0. The molecule has 1 heterocycles. The maximum atomic E-state index is 13.1. The number of carbonyl (C=O) groups excluding carboxylic acids is 2. The van der Waals surface area contributed by atoms with Gasteiger partial charge in [-0.25, -0.2) is 4.39 Å². The number of nitrogens with one attached hydrogen (secondary N) is 1. The number of rotatable bonds is 9. The molecule has 0 radical (unpaired) electrons. The van der Waals surface area contributed by atoms with Gasteiger partial charge < -0.3 is 14.8 Å². The predicted octanol–water partition coefficient (Wildman–Crippen LogP) is 6.21. The summed E-state index contributed by atoms with van der Waals surface area (Å²) in [5, 5.41) is 2.65. The van der Waals surface area contributed by atoms with Crippen molar-refractivity contribution in [3.8, 4) is 11.5 Å². The van der Waals surface area contributed by atoms with Crippen LogP contribution in [0, 0.1) is 5.82 Å². The quantitative estimate of drug-likeness (QED) is 0.259. The molecule has 1 saturated heterocycles. The molecule has 1 aliphatic heterocycles. The van der Waals surface area contributed by atoms with Crippen LogP contribution in [0.15, 0.2) is 71.6 Å². The largest absolute Gasteiger partial charge is 0.490 e. The monoisotopic (exact) mass is 536 g/mol. The average Bonchev–Trinajstić information content (AvgIpc) is 3.17. The molecule has 3 aromatic rings. The second kappa shape index (κ2) is 12.0. The summed E-state index contributed by atoms with van der Waals surface area (Å²) >= 11 is 6.72. The minimum absolute atomic E-state index is 0.185. The van der Waals surface area contributed by atoms with Crippen molar-refractivity contribution >= 4 is 57.6 Å². The molecule has 3 aromatic carbocycles. The molecular weight excluding hydrogens is 511 g/mol. The Morgan fingerprint density at radius 3 is 2.43 bits per heavy atom. The lowest BCUT2D eigenvalue weighted by atomic mass is 10.1. The van der Waals surface area contributed by atoms with Crippen molar-refractivity contribution in [2.75, 3.05) is 23.4 Å². The highest BCUT2D eigenvalue weighted by atomic mass is 32.2. The van der Waals surface area contributed by atoms with E-state index >= 15 is 0 Å². The van der Waals surface area contributed by atoms with Crippen LogP contribution in [-0.4, -0.2) is 29.3 Å². The lowest BCUT2D eigenvalue weighted by molar-refractivity contribution is -0.118. The summed E-state index contributed by atoms with van der Waals surface area (Å²) < 4.78 is 24.9. The van der Waals surface area contributed by atoms with E-state index in [2.05, 4.69) is 12.2 Å². The fourth-order valence-corrected chi connectivity index (χ4v) is 4.90. The van der Waals surface area contributed by atoms with Gasteiger partial charge in [0, 0.05) is 5.69 Å². The number of halogens is 1. The molecule has 0 aliphatic carbocycles. The van der Waals surface area contributed by atoms with Crippen LogP contribution in [0.25, 0.3) is 6.08 Å². The van der Waals surface area contributed by atoms with Gasteiger partial charge in [-0.15, -0.1) is 0 Å². The zero-order valence-corrected chi connectivity index (χ0v) is 22.0. The molecule has 1 aliphatic rings. The lowest BCUT2D eigenvalue weighted by Gasteiger charge is -2.15. The smallest absolute Gasteiger partial charge is 0.270 e. The molecule has 0 saturated carbocycles. The fraction of sp³-hybridized carbons (Fsp3) is 0.179. The third-order valence-corrected chi connectivity index (χ3v) is 6.75. The Balaban J connectivity index is 1.46. The van der Waals surface area contributed by atoms with Crippen molar-refractivity contribution in [2.45, 2.75) is 20.3 Å². The van der Waals surface area contributed by atoms with Crippen LogP contribution < -0.4 is 19.7 Å². The van der Waals surface area contributed by atoms with E-state index in [9.17, 15) is 14.0 Å². The van der Waals surface area contributed by atoms with E-state index in [0.29, 0.717) is 33.0 Å². The van der Waals surface area contributed by atoms with E-state index in [-0.39, 0.29) is 18.3 Å². The topological polar surface area (TPSA) is 67.9 Å². The molecule has 0 atom stereocenters. The van der Waals surface area contributed by atoms with Crippen LogP contribution in [0.5, 0.6) is 11.5 Å². The number of aryl methyl sites for hydroxylation is 1. The second-order valence-corrected chi connectivity index (χ2v) is 9.70. The molecule has 37 heavy (non-hydrogen) atoms. The number of nitrogens with zero attached hydrogens (tertiary/aromatic N) is 1. The first-order valence-corrected chi connectivity index (χ1v) is 12.9. The summed E-state index contributed by atoms with van der Waals surface area (Å²) in [6.45, 7) is 4.04. The van der Waals surface area contributed by atoms with Gasteiger partial charge in [-0.2, -0.15) is 0 Å². The molecule has 4 rings (SSSR count). The van der Waals surface area contributed by atoms with Crippen LogP contribution in [0.2, 0.25) is 0 Å². The number of carbonyl (C=O) groups is 2. The molecule has 190 valence electrons. The molecule has 9 heteroatoms. The van der Waals surface area contributed by atoms with Crippen molar-refractivity contribution in [3.63, 3.8) is 0 Å². The van der Waals surface area contributed by atoms with Crippen molar-refractivity contribution < 1.29 is 23.5 Å². The Labute approximate surface area is 224 Å². The Bertz CT molecular complexity index is 1340. The number of amides is 2. The summed E-state index contributed by atoms with van der Waals surface area (Å²) in [5.74, 6) is -0.138. The molecule has 0 aromatic heterocycles. The molecule has 0 unspecified atom stereocenters. The number of anilines is 2. The van der Waals surface area contributed by atoms with Gasteiger partial charge in [0.15, 0.2) is 22.4 Å². The van der Waals surface area contributed by atoms with Crippen LogP contribution in [0.1, 0.15) is 25.0 Å². The van der Waals surface area contributed by atoms with E-state index < -0.39 is 5.91 Å². The maximum absolute atomic E-state index is 13.1. The second-order valence-electron chi connectivity index (χ2n) is 8.02. The molecule has 0 bridgehead atoms. The van der Waals surface area contributed by atoms with Gasteiger partial charge in [-0.3, -0.25) is 14.5 Å². The minimum atomic E-state index is -0.395. The van der Waals surface area contributed by atoms with E-state index in [0.717, 1.165) is 17.7 Å². The zero-order valence-electron chi connectivity index (χ0n) is 20.3. The highest BCUT2D eigenvalue weighted by Crippen LogP contribution is 2.37. The molecular formula is C28H25FN2O4S2. The van der Waals surface area contributed by atoms with Crippen molar-refractivity contribution in [1.29, 1.82) is 0 Å². The number of hydrogen-bond donors (Lipinski definition) is 1. The van der Waals surface area contributed by atoms with E-state index in [1.54, 1.807) is 24.3 Å². The van der Waals surface area contributed by atoms with Crippen molar-refractivity contribution in [3.05, 3.63) is 88.6 Å². The zero-order chi connectivity index (χ0) is 26.4. The Morgan fingerprint density at radius 1 is 1.03 bits per heavy atom. The van der Waals surface area contributed by atoms with E-state index in [4.69, 9.17) is 21.7 Å². The minimum Gasteiger partial charge on any atom is -0.490 e. The number of hydrogen-bond acceptors (Lipinski definition) is 6. The summed E-state index contributed by atoms with van der Waals surface area (Å²) in [5.41, 5.74) is 3.12. The summed E-state index contributed by atoms with van der Waals surface area (Å²) in [6, 6.07) is 18.5. The first-order chi connectivity index (χ1) is 17.9. The third-order valence-electron chi connectivity index (χ3n) is 5.45. The van der Waals surface area contributed by atoms with E-state index in [1.165, 1.54) is 46.5 Å². The van der Waals surface area contributed by atoms with Crippen LogP contribution in [0.4, 0.5) is 15.8 Å². The Kier molecular flexibility index (Phi) is 8.58. The summed E-state index contributed by atoms with van der Waals surface area (Å²) in [6.07, 6.45) is 2.67. The van der Waals surface area contributed by atoms with Gasteiger partial charge in [-0.1, -0.05) is 49.1 Å². The Hall–Kier alpha value is -3.69. The standard InChI is InChI=1S/C28H25FN2O4S2/c1-3-18-5-12-22(13-6-18)31-27(33)25(37-28(31)36)16-19-7-14-23(24(15-19)34-4-2)35-17-26(32)30-21-10-8-20(29)9-11-21/h5-16H,3-4,17H2,1-2H3,(H,30,32)/b25-16-. The number of thiocarbonyl (C=S) groups is 1. The molecule has 6 nitrogen and oxygen atoms in total. The van der Waals surface area contributed by atoms with Gasteiger partial charge in [0.2, 0.25) is 0 Å². The molecule has 0 spiro atoms. The number of thioether (sulfide) groups is 1. The van der Waals surface area contributed by atoms with Crippen LogP contribution in [0.3, 0.4) is 0 Å². The summed E-state index contributed by atoms with van der Waals surface area (Å²) in [4.78, 5) is 27.4. The van der Waals surface area contributed by atoms with Gasteiger partial charge in [0.25, 0.3) is 11.8 Å². The number of ether oxygens (including phenoxy) is 2. The van der Waals surface area contributed by atoms with Crippen molar-refractivity contribution in [1.82, 2.24) is 0 Å². The van der Waals surface area contributed by atoms with Crippen LogP contribution in [-0.2, 0) is 16.0 Å². The van der Waals surface area contributed by atoms with Crippen LogP contribution >= 0.6 is 24.0 Å². The highest BCUT2D eigenvalue weighted by Gasteiger charge is 2.33. The Morgan fingerprint density at radius 2 is 1.76 bits per heavy atom. The highest BCUT2D eigenvalue weighted by molar-refractivity contribution is 8.27. The SMILES string of the molecule is CCOc1cc(/C=C2\SC(=S)N(c3ccc(CC)cc3)C2=O)ccc1OCC(=O)Nc1ccc(F)cc1. The normalized spacial score (nSPS) is 14.2. The van der Waals surface area contributed by atoms with Gasteiger partial charge in [0.1, 0.15) is 5.82 Å². The lowest BCUT2D eigenvalue weighted by Crippen LogP contribution is -2.27. The van der Waals surface area contributed by atoms with Gasteiger partial charge >= 0.3 is 0 Å². The van der Waals surface area contributed by atoms with E-state index in [1.807, 2.05) is 31.2 Å². The molecule has 1 fully saturated rings. The third kappa shape index (κ3) is 6.55. The maximum Gasteiger partial charge on any atom is 0.270 e. The first-order valence-electron chi connectivity index (χ1n) is 11.7. The first kappa shape index (κ1) is 26.4. The average molecular weight is 537 g/mol. The molecule has 2 amide bonds. The number of benzene rings is 3. The van der Waals surface area contributed by atoms with Gasteiger partial charge in [-0.05, 0) is 79.1 Å². The predicted molar refractivity (Wildman–Crippen MR) is 150 cm³/mol. The molecule has 1 N–H and O–H groups in total. The van der Waals surface area contributed by atoms with Gasteiger partial charge in [0.05, 0.1) is 17.2 Å².